The molecule has 0 heterocycles. The van der Waals surface area contributed by atoms with Crippen LogP contribution in [0.4, 0.5) is 11.4 Å². The molecule has 10 heteroatoms. The third-order valence-corrected chi connectivity index (χ3v) is 6.13. The van der Waals surface area contributed by atoms with E-state index in [4.69, 9.17) is 0 Å². The average Bonchev–Trinajstić information content (AvgIpc) is 2.56. The zero-order chi connectivity index (χ0) is 19.2. The van der Waals surface area contributed by atoms with Crippen LogP contribution in [0.5, 0.6) is 11.5 Å². The van der Waals surface area contributed by atoms with E-state index in [2.05, 4.69) is 9.44 Å². The topological polar surface area (TPSA) is 133 Å². The molecule has 142 valence electrons. The smallest absolute Gasteiger partial charge is 0.232 e. The molecule has 0 saturated heterocycles. The van der Waals surface area contributed by atoms with Crippen molar-refractivity contribution in [2.24, 2.45) is 0 Å². The van der Waals surface area contributed by atoms with E-state index >= 15 is 0 Å². The lowest BCUT2D eigenvalue weighted by Crippen LogP contribution is -2.20. The molecule has 0 aliphatic carbocycles. The Labute approximate surface area is 152 Å². The first-order chi connectivity index (χ1) is 12.2. The van der Waals surface area contributed by atoms with E-state index in [1.807, 2.05) is 0 Å². The lowest BCUT2D eigenvalue weighted by molar-refractivity contribution is 0.477. The summed E-state index contributed by atoms with van der Waals surface area (Å²) in [6.45, 7) is 0. The Balaban J connectivity index is 1.83. The van der Waals surface area contributed by atoms with Gasteiger partial charge in [0.05, 0.1) is 22.9 Å². The molecular formula is C16H20N2O6S2. The molecule has 0 radical (unpaired) electrons. The van der Waals surface area contributed by atoms with Crippen molar-refractivity contribution in [3.05, 3.63) is 48.5 Å². The Hall–Kier alpha value is -2.46. The standard InChI is InChI=1S/C16H20N2O6S2/c19-15-9-3-1-7-13(15)17-25(21,22)11-5-6-12-26(23,24)18-14-8-2-4-10-16(14)20/h1-4,7-10,17-20H,5-6,11-12H2. The van der Waals surface area contributed by atoms with Crippen LogP contribution in [0.1, 0.15) is 12.8 Å². The van der Waals surface area contributed by atoms with E-state index in [1.165, 1.54) is 24.3 Å². The molecule has 4 N–H and O–H groups in total. The normalized spacial score (nSPS) is 11.8. The van der Waals surface area contributed by atoms with Crippen molar-refractivity contribution >= 4 is 31.4 Å². The summed E-state index contributed by atoms with van der Waals surface area (Å²) in [7, 11) is -7.41. The summed E-state index contributed by atoms with van der Waals surface area (Å²) in [5.41, 5.74) is 0.141. The van der Waals surface area contributed by atoms with Crippen LogP contribution in [-0.4, -0.2) is 38.6 Å². The SMILES string of the molecule is O=S(=O)(CCCCS(=O)(=O)Nc1ccccc1O)Nc1ccccc1O. The van der Waals surface area contributed by atoms with Crippen LogP contribution < -0.4 is 9.44 Å². The fourth-order valence-electron chi connectivity index (χ4n) is 2.14. The highest BCUT2D eigenvalue weighted by molar-refractivity contribution is 7.93. The predicted molar refractivity (Wildman–Crippen MR) is 100 cm³/mol. The number of nitrogens with one attached hydrogen (secondary N) is 2. The van der Waals surface area contributed by atoms with E-state index < -0.39 is 20.0 Å². The molecule has 0 fully saturated rings. The van der Waals surface area contributed by atoms with Crippen LogP contribution in [0.2, 0.25) is 0 Å². The van der Waals surface area contributed by atoms with Gasteiger partial charge in [0.1, 0.15) is 11.5 Å². The zero-order valence-electron chi connectivity index (χ0n) is 13.8. The van der Waals surface area contributed by atoms with Crippen molar-refractivity contribution in [3.8, 4) is 11.5 Å². The molecule has 0 aromatic heterocycles. The average molecular weight is 400 g/mol. The molecule has 8 nitrogen and oxygen atoms in total. The van der Waals surface area contributed by atoms with Gasteiger partial charge in [-0.1, -0.05) is 24.3 Å². The highest BCUT2D eigenvalue weighted by Gasteiger charge is 2.15. The highest BCUT2D eigenvalue weighted by Crippen LogP contribution is 2.24. The fourth-order valence-corrected chi connectivity index (χ4v) is 4.53. The lowest BCUT2D eigenvalue weighted by Gasteiger charge is -2.10. The maximum absolute atomic E-state index is 12.0. The van der Waals surface area contributed by atoms with Crippen LogP contribution in [0, 0.1) is 0 Å². The van der Waals surface area contributed by atoms with Crippen molar-refractivity contribution in [1.29, 1.82) is 0 Å². The molecule has 0 aliphatic heterocycles. The van der Waals surface area contributed by atoms with Crippen LogP contribution in [-0.2, 0) is 20.0 Å². The van der Waals surface area contributed by atoms with Gasteiger partial charge in [0, 0.05) is 0 Å². The molecule has 0 unspecified atom stereocenters. The van der Waals surface area contributed by atoms with Gasteiger partial charge in [-0.2, -0.15) is 0 Å². The number of rotatable bonds is 9. The van der Waals surface area contributed by atoms with E-state index in [0.29, 0.717) is 0 Å². The molecule has 0 spiro atoms. The maximum atomic E-state index is 12.0. The minimum Gasteiger partial charge on any atom is -0.506 e. The molecule has 2 aromatic rings. The van der Waals surface area contributed by atoms with Crippen molar-refractivity contribution in [2.75, 3.05) is 20.9 Å². The summed E-state index contributed by atoms with van der Waals surface area (Å²) in [5, 5.41) is 19.2. The van der Waals surface area contributed by atoms with Gasteiger partial charge in [-0.15, -0.1) is 0 Å². The van der Waals surface area contributed by atoms with Gasteiger partial charge >= 0.3 is 0 Å². The Bertz CT molecular complexity index is 879. The summed E-state index contributed by atoms with van der Waals surface area (Å²) in [6.07, 6.45) is 0.231. The van der Waals surface area contributed by atoms with Crippen molar-refractivity contribution < 1.29 is 27.0 Å². The van der Waals surface area contributed by atoms with E-state index in [0.717, 1.165) is 0 Å². The van der Waals surface area contributed by atoms with E-state index in [1.54, 1.807) is 24.3 Å². The number of phenolic OH excluding ortho intramolecular Hbond substituents is 2. The number of benzene rings is 2. The number of para-hydroxylation sites is 4. The number of hydrogen-bond donors (Lipinski definition) is 4. The van der Waals surface area contributed by atoms with Crippen LogP contribution in [0.3, 0.4) is 0 Å². The van der Waals surface area contributed by atoms with Crippen LogP contribution in [0.25, 0.3) is 0 Å². The Morgan fingerprint density at radius 1 is 0.654 bits per heavy atom. The van der Waals surface area contributed by atoms with Gasteiger partial charge in [0.25, 0.3) is 0 Å². The third-order valence-electron chi connectivity index (χ3n) is 3.42. The van der Waals surface area contributed by atoms with E-state index in [9.17, 15) is 27.0 Å². The number of sulfonamides is 2. The summed E-state index contributed by atoms with van der Waals surface area (Å²) in [6, 6.07) is 11.8. The lowest BCUT2D eigenvalue weighted by atomic mass is 10.3. The molecule has 0 bridgehead atoms. The monoisotopic (exact) mass is 400 g/mol. The molecular weight excluding hydrogens is 380 g/mol. The molecule has 2 aromatic carbocycles. The highest BCUT2D eigenvalue weighted by atomic mass is 32.2. The summed E-state index contributed by atoms with van der Waals surface area (Å²) in [4.78, 5) is 0. The molecule has 0 aliphatic rings. The van der Waals surface area contributed by atoms with Gasteiger partial charge in [0.2, 0.25) is 20.0 Å². The number of hydrogen-bond acceptors (Lipinski definition) is 6. The van der Waals surface area contributed by atoms with Crippen LogP contribution >= 0.6 is 0 Å². The van der Waals surface area contributed by atoms with Gasteiger partial charge in [0.15, 0.2) is 0 Å². The number of unbranched alkanes of at least 4 members (excludes halogenated alkanes) is 1. The summed E-state index contributed by atoms with van der Waals surface area (Å²) < 4.78 is 52.5. The molecule has 26 heavy (non-hydrogen) atoms. The second-order valence-electron chi connectivity index (χ2n) is 5.58. The predicted octanol–water partition coefficient (Wildman–Crippen LogP) is 2.06. The fraction of sp³-hybridized carbons (Fsp3) is 0.250. The molecule has 2 rings (SSSR count). The first-order valence-electron chi connectivity index (χ1n) is 7.75. The molecule has 0 amide bonds. The largest absolute Gasteiger partial charge is 0.506 e. The first-order valence-corrected chi connectivity index (χ1v) is 11.1. The number of aromatic hydroxyl groups is 2. The first kappa shape index (κ1) is 19.9. The maximum Gasteiger partial charge on any atom is 0.232 e. The van der Waals surface area contributed by atoms with Gasteiger partial charge in [-0.25, -0.2) is 16.8 Å². The Morgan fingerprint density at radius 3 is 1.35 bits per heavy atom. The van der Waals surface area contributed by atoms with Crippen molar-refractivity contribution in [1.82, 2.24) is 0 Å². The number of phenols is 2. The minimum atomic E-state index is -3.71. The summed E-state index contributed by atoms with van der Waals surface area (Å²) >= 11 is 0. The third kappa shape index (κ3) is 6.12. The number of anilines is 2. The van der Waals surface area contributed by atoms with Gasteiger partial charge in [-0.3, -0.25) is 9.44 Å². The molecule has 0 atom stereocenters. The van der Waals surface area contributed by atoms with Crippen molar-refractivity contribution in [3.63, 3.8) is 0 Å². The molecule has 0 saturated carbocycles. The van der Waals surface area contributed by atoms with E-state index in [-0.39, 0.29) is 47.2 Å². The van der Waals surface area contributed by atoms with Crippen molar-refractivity contribution in [2.45, 2.75) is 12.8 Å². The quantitative estimate of drug-likeness (QED) is 0.376. The zero-order valence-corrected chi connectivity index (χ0v) is 15.4. The Morgan fingerprint density at radius 2 is 1.00 bits per heavy atom. The Kier molecular flexibility index (Phi) is 6.32. The minimum absolute atomic E-state index is 0.0707. The second-order valence-corrected chi connectivity index (χ2v) is 9.27. The van der Waals surface area contributed by atoms with Gasteiger partial charge < -0.3 is 10.2 Å². The second kappa shape index (κ2) is 8.28. The van der Waals surface area contributed by atoms with Gasteiger partial charge in [-0.05, 0) is 37.1 Å². The van der Waals surface area contributed by atoms with Crippen LogP contribution in [0.15, 0.2) is 48.5 Å². The summed E-state index contributed by atoms with van der Waals surface area (Å²) in [5.74, 6) is -0.947.